The third-order valence-electron chi connectivity index (χ3n) is 0.131. The second-order valence-corrected chi connectivity index (χ2v) is 0.836. The van der Waals surface area contributed by atoms with Gasteiger partial charge < -0.3 is 0 Å². The summed E-state index contributed by atoms with van der Waals surface area (Å²) in [5.74, 6) is 0. The molecule has 0 saturated carbocycles. The zero-order valence-electron chi connectivity index (χ0n) is 2.74. The Balaban J connectivity index is 3.26. The molecule has 6 heavy (non-hydrogen) atoms. The third-order valence-corrected chi connectivity index (χ3v) is 0.334. The van der Waals surface area contributed by atoms with Crippen LogP contribution in [0.4, 0.5) is 0 Å². The zero-order valence-corrected chi connectivity index (χ0v) is 5.01. The van der Waals surface area contributed by atoms with E-state index < -0.39 is 0 Å². The van der Waals surface area contributed by atoms with Gasteiger partial charge >= 0.3 is 46.0 Å². The van der Waals surface area contributed by atoms with Crippen LogP contribution < -0.4 is 0 Å². The fourth-order valence-electron chi connectivity index (χ4n) is 0.0400. The second-order valence-electron chi connectivity index (χ2n) is 0.382. The van der Waals surface area contributed by atoms with E-state index in [1.54, 1.807) is 19.6 Å². The molecule has 0 N–H and O–H groups in total. The van der Waals surface area contributed by atoms with Crippen molar-refractivity contribution in [2.75, 3.05) is 0 Å². The zero-order chi connectivity index (χ0) is 4.83. The molecule has 0 bridgehead atoms. The molecule has 0 atom stereocenters. The molecule has 0 radical (unpaired) electrons. The van der Waals surface area contributed by atoms with Gasteiger partial charge in [-0.3, -0.25) is 0 Å². The number of hydrogen-bond acceptors (Lipinski definition) is 2. The Labute approximate surface area is 46.6 Å². The quantitative estimate of drug-likeness (QED) is 0.378. The molecule has 0 rings (SSSR count). The first kappa shape index (κ1) is 5.65. The van der Waals surface area contributed by atoms with Crippen LogP contribution in [0.25, 0.3) is 0 Å². The van der Waals surface area contributed by atoms with Crippen molar-refractivity contribution in [1.29, 1.82) is 0 Å². The van der Waals surface area contributed by atoms with E-state index in [0.717, 1.165) is 0 Å². The molecule has 0 heterocycles. The van der Waals surface area contributed by atoms with Crippen molar-refractivity contribution in [3.63, 3.8) is 0 Å². The van der Waals surface area contributed by atoms with Gasteiger partial charge in [-0.2, -0.15) is 0 Å². The standard InChI is InChI=1S/C2HN3.Pt/c1-2-4-5-3;/h1H;. The van der Waals surface area contributed by atoms with Crippen molar-refractivity contribution in [2.24, 2.45) is 13.9 Å². The molecular formula is C2HN3Pt. The summed E-state index contributed by atoms with van der Waals surface area (Å²) in [7, 11) is 0. The maximum absolute atomic E-state index is 4.64. The normalized spacial score (nSPS) is 8.17. The van der Waals surface area contributed by atoms with Crippen molar-refractivity contribution < 1.29 is 19.6 Å². The topological polar surface area (TPSA) is 37.1 Å². The van der Waals surface area contributed by atoms with E-state index in [0.29, 0.717) is 0 Å². The van der Waals surface area contributed by atoms with E-state index >= 15 is 0 Å². The van der Waals surface area contributed by atoms with Crippen molar-refractivity contribution in [3.05, 3.63) is 0 Å². The van der Waals surface area contributed by atoms with Gasteiger partial charge in [0.25, 0.3) is 0 Å². The van der Waals surface area contributed by atoms with Crippen LogP contribution in [0, 0.1) is 12.5 Å². The molecule has 34 valence electrons. The molecule has 0 fully saturated rings. The minimum atomic E-state index is 1.67. The molecular weight excluding hydrogens is 261 g/mol. The van der Waals surface area contributed by atoms with E-state index in [4.69, 9.17) is 0 Å². The van der Waals surface area contributed by atoms with E-state index in [1.807, 2.05) is 6.04 Å². The molecule has 0 saturated heterocycles. The molecule has 0 aromatic carbocycles. The van der Waals surface area contributed by atoms with Gasteiger partial charge in [0.15, 0.2) is 0 Å². The van der Waals surface area contributed by atoms with Crippen LogP contribution in [0.5, 0.6) is 0 Å². The summed E-state index contributed by atoms with van der Waals surface area (Å²) < 4.78 is 3.21. The monoisotopic (exact) mass is 262 g/mol. The van der Waals surface area contributed by atoms with Gasteiger partial charge in [-0.15, -0.1) is 0 Å². The molecule has 0 aliphatic carbocycles. The summed E-state index contributed by atoms with van der Waals surface area (Å²) in [6, 6.07) is 1.93. The molecule has 0 spiro atoms. The summed E-state index contributed by atoms with van der Waals surface area (Å²) in [6.07, 6.45) is 4.64. The molecule has 0 aliphatic rings. The molecule has 0 aromatic rings. The number of terminal acetylenes is 1. The predicted molar refractivity (Wildman–Crippen MR) is 16.1 cm³/mol. The van der Waals surface area contributed by atoms with E-state index in [2.05, 4.69) is 20.4 Å². The molecule has 4 heteroatoms. The first-order valence-corrected chi connectivity index (χ1v) is 2.07. The first-order valence-electron chi connectivity index (χ1n) is 1.05. The fraction of sp³-hybridized carbons (Fsp3) is 0. The van der Waals surface area contributed by atoms with Gasteiger partial charge in [0.2, 0.25) is 0 Å². The molecule has 0 amide bonds. The van der Waals surface area contributed by atoms with E-state index in [9.17, 15) is 0 Å². The van der Waals surface area contributed by atoms with Crippen molar-refractivity contribution in [3.8, 4) is 12.5 Å². The average Bonchev–Trinajstić information content (AvgIpc) is 1.61. The van der Waals surface area contributed by atoms with Crippen molar-refractivity contribution in [2.45, 2.75) is 0 Å². The van der Waals surface area contributed by atoms with Crippen LogP contribution in [-0.4, -0.2) is 0 Å². The van der Waals surface area contributed by atoms with Crippen LogP contribution in [0.1, 0.15) is 0 Å². The Morgan fingerprint density at radius 1 is 1.67 bits per heavy atom. The van der Waals surface area contributed by atoms with Gasteiger partial charge in [0.1, 0.15) is 0 Å². The third kappa shape index (κ3) is 3.65. The summed E-state index contributed by atoms with van der Waals surface area (Å²) in [5, 5.41) is 6.16. The van der Waals surface area contributed by atoms with Gasteiger partial charge in [0, 0.05) is 0 Å². The van der Waals surface area contributed by atoms with Crippen LogP contribution in [0.3, 0.4) is 0 Å². The Kier molecular flexibility index (Phi) is 4.38. The SMILES string of the molecule is C#CN=N[N]=[Pt]. The Morgan fingerprint density at radius 2 is 2.33 bits per heavy atom. The maximum atomic E-state index is 4.64. The van der Waals surface area contributed by atoms with Crippen LogP contribution in [0.2, 0.25) is 0 Å². The number of rotatable bonds is 1. The molecule has 0 unspecified atom stereocenters. The fourth-order valence-corrected chi connectivity index (χ4v) is 0.142. The van der Waals surface area contributed by atoms with E-state index in [1.165, 1.54) is 0 Å². The molecule has 0 aliphatic heterocycles. The summed E-state index contributed by atoms with van der Waals surface area (Å²) >= 11 is 1.67. The van der Waals surface area contributed by atoms with Crippen LogP contribution >= 0.6 is 0 Å². The number of nitrogens with zero attached hydrogens (tertiary/aromatic N) is 3. The van der Waals surface area contributed by atoms with Gasteiger partial charge in [-0.1, -0.05) is 0 Å². The molecule has 0 aromatic heterocycles. The predicted octanol–water partition coefficient (Wildman–Crippen LogP) is 0.675. The average molecular weight is 262 g/mol. The summed E-state index contributed by atoms with van der Waals surface area (Å²) in [5.41, 5.74) is 0. The Hall–Kier alpha value is -0.352. The first-order chi connectivity index (χ1) is 2.91. The second kappa shape index (κ2) is 4.65. The van der Waals surface area contributed by atoms with Gasteiger partial charge in [-0.25, -0.2) is 0 Å². The number of hydrogen-bond donors (Lipinski definition) is 0. The summed E-state index contributed by atoms with van der Waals surface area (Å²) in [4.78, 5) is 0. The Bertz CT molecular complexity index is 99.9. The van der Waals surface area contributed by atoms with Crippen LogP contribution in [-0.2, 0) is 19.6 Å². The molecule has 3 nitrogen and oxygen atoms in total. The summed E-state index contributed by atoms with van der Waals surface area (Å²) in [6.45, 7) is 0. The minimum absolute atomic E-state index is 1.67. The van der Waals surface area contributed by atoms with E-state index in [-0.39, 0.29) is 0 Å². The Morgan fingerprint density at radius 3 is 2.50 bits per heavy atom. The van der Waals surface area contributed by atoms with Crippen LogP contribution in [0.15, 0.2) is 13.9 Å². The van der Waals surface area contributed by atoms with Gasteiger partial charge in [-0.05, 0) is 0 Å². The van der Waals surface area contributed by atoms with Gasteiger partial charge in [0.05, 0.1) is 0 Å². The van der Waals surface area contributed by atoms with Crippen molar-refractivity contribution in [1.82, 2.24) is 0 Å². The van der Waals surface area contributed by atoms with Crippen molar-refractivity contribution >= 4 is 0 Å².